The fraction of sp³-hybridized carbons (Fsp3) is 0.350. The lowest BCUT2D eigenvalue weighted by Gasteiger charge is -2.26. The molecule has 0 spiro atoms. The summed E-state index contributed by atoms with van der Waals surface area (Å²) in [4.78, 5) is 27.9. The SMILES string of the molecule is COc1c([C@@H]2C[C@](C)(C(F)(F)F)O[C@H]2C(=O)N=c2ccn(O)c(C(N)=O)c2)ccc(F)c1F. The number of aromatic nitrogens is 1. The van der Waals surface area contributed by atoms with E-state index in [0.717, 1.165) is 38.4 Å². The number of rotatable bonds is 4. The topological polar surface area (TPSA) is 116 Å². The minimum Gasteiger partial charge on any atom is -0.493 e. The Hall–Kier alpha value is -3.48. The Labute approximate surface area is 183 Å². The van der Waals surface area contributed by atoms with Gasteiger partial charge in [-0.2, -0.15) is 22.3 Å². The number of nitrogens with two attached hydrogens (primary N) is 1. The fourth-order valence-electron chi connectivity index (χ4n) is 3.59. The van der Waals surface area contributed by atoms with Crippen LogP contribution in [0.5, 0.6) is 5.75 Å². The third kappa shape index (κ3) is 4.40. The van der Waals surface area contributed by atoms with Crippen molar-refractivity contribution in [2.45, 2.75) is 37.1 Å². The summed E-state index contributed by atoms with van der Waals surface area (Å²) in [5.41, 5.74) is 1.64. The predicted molar refractivity (Wildman–Crippen MR) is 100 cm³/mol. The van der Waals surface area contributed by atoms with E-state index in [0.29, 0.717) is 10.8 Å². The van der Waals surface area contributed by atoms with Gasteiger partial charge in [0.1, 0.15) is 11.8 Å². The highest BCUT2D eigenvalue weighted by Gasteiger charge is 2.61. The highest BCUT2D eigenvalue weighted by molar-refractivity contribution is 5.91. The van der Waals surface area contributed by atoms with Crippen LogP contribution in [-0.4, -0.2) is 46.7 Å². The molecular weight excluding hydrogens is 457 g/mol. The van der Waals surface area contributed by atoms with Crippen molar-refractivity contribution in [2.75, 3.05) is 7.11 Å². The summed E-state index contributed by atoms with van der Waals surface area (Å²) < 4.78 is 79.3. The minimum absolute atomic E-state index is 0.209. The Morgan fingerprint density at radius 1 is 1.30 bits per heavy atom. The maximum absolute atomic E-state index is 14.2. The number of halogens is 5. The average Bonchev–Trinajstić information content (AvgIpc) is 3.10. The average molecular weight is 475 g/mol. The van der Waals surface area contributed by atoms with Crippen LogP contribution < -0.4 is 15.8 Å². The van der Waals surface area contributed by atoms with Gasteiger partial charge in [0.2, 0.25) is 5.82 Å². The van der Waals surface area contributed by atoms with Gasteiger partial charge in [-0.3, -0.25) is 9.59 Å². The van der Waals surface area contributed by atoms with E-state index in [1.54, 1.807) is 0 Å². The van der Waals surface area contributed by atoms with Crippen LogP contribution in [0.25, 0.3) is 0 Å². The number of hydrogen-bond acceptors (Lipinski definition) is 5. The molecule has 1 aliphatic heterocycles. The number of benzene rings is 1. The maximum atomic E-state index is 14.2. The Morgan fingerprint density at radius 3 is 2.55 bits per heavy atom. The van der Waals surface area contributed by atoms with Gasteiger partial charge in [0.25, 0.3) is 11.8 Å². The van der Waals surface area contributed by atoms with E-state index < -0.39 is 65.1 Å². The minimum atomic E-state index is -4.90. The Bertz CT molecular complexity index is 1180. The van der Waals surface area contributed by atoms with E-state index in [9.17, 15) is 36.7 Å². The van der Waals surface area contributed by atoms with Crippen LogP contribution in [0.1, 0.15) is 35.3 Å². The molecule has 1 fully saturated rings. The van der Waals surface area contributed by atoms with E-state index in [4.69, 9.17) is 15.2 Å². The van der Waals surface area contributed by atoms with Crippen LogP contribution in [0.4, 0.5) is 22.0 Å². The van der Waals surface area contributed by atoms with Gasteiger partial charge in [0.05, 0.1) is 12.5 Å². The molecular formula is C20H18F5N3O5. The molecule has 0 saturated carbocycles. The number of amides is 2. The monoisotopic (exact) mass is 475 g/mol. The molecule has 2 heterocycles. The maximum Gasteiger partial charge on any atom is 0.417 e. The first-order chi connectivity index (χ1) is 15.3. The number of primary amides is 1. The van der Waals surface area contributed by atoms with Crippen molar-refractivity contribution >= 4 is 11.8 Å². The van der Waals surface area contributed by atoms with Gasteiger partial charge >= 0.3 is 6.18 Å². The van der Waals surface area contributed by atoms with Crippen molar-refractivity contribution in [3.8, 4) is 5.75 Å². The zero-order valence-corrected chi connectivity index (χ0v) is 17.2. The fourth-order valence-corrected chi connectivity index (χ4v) is 3.59. The van der Waals surface area contributed by atoms with E-state index >= 15 is 0 Å². The zero-order valence-electron chi connectivity index (χ0n) is 17.2. The molecule has 3 N–H and O–H groups in total. The number of methoxy groups -OCH3 is 1. The van der Waals surface area contributed by atoms with Crippen molar-refractivity contribution in [2.24, 2.45) is 10.7 Å². The van der Waals surface area contributed by atoms with E-state index in [2.05, 4.69) is 4.99 Å². The van der Waals surface area contributed by atoms with Crippen molar-refractivity contribution in [1.29, 1.82) is 0 Å². The van der Waals surface area contributed by atoms with Gasteiger partial charge in [0.15, 0.2) is 17.2 Å². The third-order valence-electron chi connectivity index (χ3n) is 5.30. The zero-order chi connectivity index (χ0) is 24.7. The van der Waals surface area contributed by atoms with Gasteiger partial charge in [-0.1, -0.05) is 6.07 Å². The lowest BCUT2D eigenvalue weighted by molar-refractivity contribution is -0.262. The molecule has 178 valence electrons. The summed E-state index contributed by atoms with van der Waals surface area (Å²) in [5, 5.41) is 9.36. The molecule has 1 aromatic heterocycles. The molecule has 8 nitrogen and oxygen atoms in total. The summed E-state index contributed by atoms with van der Waals surface area (Å²) >= 11 is 0. The van der Waals surface area contributed by atoms with Crippen molar-refractivity contribution in [1.82, 2.24) is 4.73 Å². The number of nitrogens with zero attached hydrogens (tertiary/aromatic N) is 2. The van der Waals surface area contributed by atoms with E-state index in [1.165, 1.54) is 0 Å². The molecule has 3 atom stereocenters. The normalized spacial score (nSPS) is 23.5. The quantitative estimate of drug-likeness (QED) is 0.521. The van der Waals surface area contributed by atoms with Crippen LogP contribution in [0, 0.1) is 11.6 Å². The second-order valence-corrected chi connectivity index (χ2v) is 7.49. The van der Waals surface area contributed by atoms with Gasteiger partial charge in [-0.05, 0) is 31.5 Å². The highest BCUT2D eigenvalue weighted by Crippen LogP contribution is 2.51. The number of carbonyl (C=O) groups excluding carboxylic acids is 2. The Kier molecular flexibility index (Phi) is 6.20. The standard InChI is InChI=1S/C20H18F5N3O5/c1-19(20(23,24)25)8-11(10-3-4-12(21)14(22)15(10)32-2)16(33-19)18(30)27-9-5-6-28(31)13(7-9)17(26)29/h3-7,11,16,31H,8H2,1-2H3,(H2,26,29)/t11-,16+,19+/m0/s1. The number of alkyl halides is 3. The molecule has 1 aliphatic rings. The number of ether oxygens (including phenoxy) is 2. The summed E-state index contributed by atoms with van der Waals surface area (Å²) in [6, 6.07) is 3.74. The van der Waals surface area contributed by atoms with E-state index in [1.807, 2.05) is 0 Å². The first-order valence-electron chi connectivity index (χ1n) is 9.36. The molecule has 1 saturated heterocycles. The first-order valence-corrected chi connectivity index (χ1v) is 9.36. The highest BCUT2D eigenvalue weighted by atomic mass is 19.4. The molecule has 0 bridgehead atoms. The second-order valence-electron chi connectivity index (χ2n) is 7.49. The van der Waals surface area contributed by atoms with Crippen LogP contribution in [-0.2, 0) is 9.53 Å². The largest absolute Gasteiger partial charge is 0.493 e. The van der Waals surface area contributed by atoms with E-state index in [-0.39, 0.29) is 10.9 Å². The smallest absolute Gasteiger partial charge is 0.417 e. The molecule has 33 heavy (non-hydrogen) atoms. The molecule has 0 unspecified atom stereocenters. The molecule has 1 aromatic carbocycles. The van der Waals surface area contributed by atoms with Gasteiger partial charge in [0, 0.05) is 17.7 Å². The molecule has 3 rings (SSSR count). The van der Waals surface area contributed by atoms with Crippen molar-refractivity contribution in [3.05, 3.63) is 58.7 Å². The lowest BCUT2D eigenvalue weighted by atomic mass is 9.86. The van der Waals surface area contributed by atoms with Crippen LogP contribution in [0.15, 0.2) is 35.5 Å². The number of carbonyl (C=O) groups is 2. The Balaban J connectivity index is 2.12. The summed E-state index contributed by atoms with van der Waals surface area (Å²) in [6.45, 7) is 0.724. The molecule has 0 aliphatic carbocycles. The van der Waals surface area contributed by atoms with Crippen molar-refractivity contribution < 1.29 is 46.2 Å². The molecule has 13 heteroatoms. The van der Waals surface area contributed by atoms with Gasteiger partial charge < -0.3 is 20.4 Å². The van der Waals surface area contributed by atoms with Crippen LogP contribution in [0.2, 0.25) is 0 Å². The molecule has 2 aromatic rings. The van der Waals surface area contributed by atoms with Gasteiger partial charge in [-0.15, -0.1) is 0 Å². The third-order valence-corrected chi connectivity index (χ3v) is 5.30. The molecule has 0 radical (unpaired) electrons. The summed E-state index contributed by atoms with van der Waals surface area (Å²) in [7, 11) is 1.00. The lowest BCUT2D eigenvalue weighted by Crippen LogP contribution is -2.43. The van der Waals surface area contributed by atoms with Crippen LogP contribution >= 0.6 is 0 Å². The second kappa shape index (κ2) is 8.46. The summed E-state index contributed by atoms with van der Waals surface area (Å²) in [5.74, 6) is -7.04. The first kappa shape index (κ1) is 24.2. The van der Waals surface area contributed by atoms with Gasteiger partial charge in [-0.25, -0.2) is 9.38 Å². The Morgan fingerprint density at radius 2 is 1.97 bits per heavy atom. The molecule has 2 amide bonds. The van der Waals surface area contributed by atoms with Crippen molar-refractivity contribution in [3.63, 3.8) is 0 Å². The number of pyridine rings is 1. The predicted octanol–water partition coefficient (Wildman–Crippen LogP) is 2.43. The summed E-state index contributed by atoms with van der Waals surface area (Å²) in [6.07, 6.45) is -6.62. The number of hydrogen-bond donors (Lipinski definition) is 2. The van der Waals surface area contributed by atoms with Crippen LogP contribution in [0.3, 0.4) is 0 Å².